The van der Waals surface area contributed by atoms with Crippen LogP contribution < -0.4 is 0 Å². The lowest BCUT2D eigenvalue weighted by molar-refractivity contribution is 0.0472. The van der Waals surface area contributed by atoms with E-state index < -0.39 is 0 Å². The van der Waals surface area contributed by atoms with E-state index in [1.165, 1.54) is 16.0 Å². The zero-order valence-electron chi connectivity index (χ0n) is 15.9. The quantitative estimate of drug-likeness (QED) is 0.879. The molecular formula is C21H27N3O2S. The Labute approximate surface area is 164 Å². The molecule has 27 heavy (non-hydrogen) atoms. The number of hydrogen-bond donors (Lipinski definition) is 1. The van der Waals surface area contributed by atoms with Crippen LogP contribution in [0.1, 0.15) is 51.8 Å². The summed E-state index contributed by atoms with van der Waals surface area (Å²) in [5.41, 5.74) is 4.44. The van der Waals surface area contributed by atoms with Crippen molar-refractivity contribution < 1.29 is 9.90 Å². The van der Waals surface area contributed by atoms with Gasteiger partial charge in [-0.3, -0.25) is 14.7 Å². The van der Waals surface area contributed by atoms with Crippen molar-refractivity contribution in [3.63, 3.8) is 0 Å². The number of β-amino-alcohol motifs (C(OH)–C–C–N with tert-alkyl or cyclic N) is 1. The minimum Gasteiger partial charge on any atom is -0.391 e. The van der Waals surface area contributed by atoms with Crippen LogP contribution in [0.4, 0.5) is 0 Å². The molecule has 4 rings (SSSR count). The number of likely N-dealkylation sites (tertiary alicyclic amines) is 1. The molecule has 1 unspecified atom stereocenters. The maximum atomic E-state index is 12.9. The molecule has 0 saturated carbocycles. The number of aliphatic hydroxyl groups is 1. The SMILES string of the molecule is CCc1ccc(CN2CCc3c(C(=O)N4CCCC(O)C4)csc3C2)nc1. The van der Waals surface area contributed by atoms with Crippen molar-refractivity contribution in [1.82, 2.24) is 14.8 Å². The third-order valence-electron chi connectivity index (χ3n) is 5.62. The van der Waals surface area contributed by atoms with Crippen LogP contribution in [-0.2, 0) is 25.9 Å². The summed E-state index contributed by atoms with van der Waals surface area (Å²) in [4.78, 5) is 23.0. The summed E-state index contributed by atoms with van der Waals surface area (Å²) >= 11 is 1.69. The molecule has 2 aliphatic heterocycles. The molecule has 0 aromatic carbocycles. The van der Waals surface area contributed by atoms with Crippen molar-refractivity contribution in [2.45, 2.75) is 51.8 Å². The van der Waals surface area contributed by atoms with Crippen LogP contribution in [0.5, 0.6) is 0 Å². The number of amides is 1. The van der Waals surface area contributed by atoms with Crippen molar-refractivity contribution in [2.75, 3.05) is 19.6 Å². The van der Waals surface area contributed by atoms with Gasteiger partial charge in [0, 0.05) is 49.2 Å². The summed E-state index contributed by atoms with van der Waals surface area (Å²) in [5, 5.41) is 11.9. The molecule has 2 aromatic rings. The molecule has 1 atom stereocenters. The third kappa shape index (κ3) is 4.08. The lowest BCUT2D eigenvalue weighted by Crippen LogP contribution is -2.42. The number of thiophene rings is 1. The van der Waals surface area contributed by atoms with Crippen LogP contribution in [0.3, 0.4) is 0 Å². The summed E-state index contributed by atoms with van der Waals surface area (Å²) in [5.74, 6) is 0.0940. The van der Waals surface area contributed by atoms with Crippen LogP contribution in [0.2, 0.25) is 0 Å². The first-order chi connectivity index (χ1) is 13.1. The van der Waals surface area contributed by atoms with Gasteiger partial charge in [0.25, 0.3) is 5.91 Å². The molecule has 0 spiro atoms. The fraction of sp³-hybridized carbons (Fsp3) is 0.524. The summed E-state index contributed by atoms with van der Waals surface area (Å²) in [6.45, 7) is 6.05. The Bertz CT molecular complexity index is 802. The molecule has 4 heterocycles. The Kier molecular flexibility index (Phi) is 5.57. The highest BCUT2D eigenvalue weighted by Gasteiger charge is 2.28. The number of piperidine rings is 1. The number of fused-ring (bicyclic) bond motifs is 1. The second-order valence-corrected chi connectivity index (χ2v) is 8.53. The standard InChI is InChI=1S/C21H27N3O2S/c1-2-15-5-6-16(22-10-15)11-23-9-7-18-19(14-27-20(18)13-23)21(26)24-8-3-4-17(25)12-24/h5-6,10,14,17,25H,2-4,7-9,11-13H2,1H3. The monoisotopic (exact) mass is 385 g/mol. The molecule has 0 radical (unpaired) electrons. The Morgan fingerprint density at radius 3 is 3.00 bits per heavy atom. The number of aryl methyl sites for hydroxylation is 1. The van der Waals surface area contributed by atoms with Gasteiger partial charge in [-0.15, -0.1) is 11.3 Å². The molecule has 6 heteroatoms. The highest BCUT2D eigenvalue weighted by Crippen LogP contribution is 2.30. The first kappa shape index (κ1) is 18.6. The summed E-state index contributed by atoms with van der Waals surface area (Å²) in [7, 11) is 0. The first-order valence-electron chi connectivity index (χ1n) is 9.86. The molecule has 0 aliphatic carbocycles. The average molecular weight is 386 g/mol. The Morgan fingerprint density at radius 1 is 1.37 bits per heavy atom. The first-order valence-corrected chi connectivity index (χ1v) is 10.7. The van der Waals surface area contributed by atoms with E-state index in [-0.39, 0.29) is 12.0 Å². The van der Waals surface area contributed by atoms with Crippen LogP contribution in [0.15, 0.2) is 23.7 Å². The highest BCUT2D eigenvalue weighted by atomic mass is 32.1. The van der Waals surface area contributed by atoms with Gasteiger partial charge in [-0.2, -0.15) is 0 Å². The van der Waals surface area contributed by atoms with E-state index >= 15 is 0 Å². The maximum absolute atomic E-state index is 12.9. The van der Waals surface area contributed by atoms with E-state index in [1.807, 2.05) is 16.5 Å². The molecule has 2 aliphatic rings. The van der Waals surface area contributed by atoms with Gasteiger partial charge in [0.05, 0.1) is 17.4 Å². The molecule has 1 fully saturated rings. The molecule has 5 nitrogen and oxygen atoms in total. The van der Waals surface area contributed by atoms with Crippen molar-refractivity contribution in [2.24, 2.45) is 0 Å². The zero-order valence-corrected chi connectivity index (χ0v) is 16.7. The van der Waals surface area contributed by atoms with Crippen LogP contribution in [-0.4, -0.2) is 51.5 Å². The van der Waals surface area contributed by atoms with Gasteiger partial charge in [0.15, 0.2) is 0 Å². The summed E-state index contributed by atoms with van der Waals surface area (Å²) in [6.07, 6.45) is 5.20. The van der Waals surface area contributed by atoms with E-state index in [0.717, 1.165) is 63.1 Å². The summed E-state index contributed by atoms with van der Waals surface area (Å²) in [6, 6.07) is 4.28. The molecular weight excluding hydrogens is 358 g/mol. The van der Waals surface area contributed by atoms with E-state index in [2.05, 4.69) is 28.9 Å². The molecule has 1 N–H and O–H groups in total. The fourth-order valence-corrected chi connectivity index (χ4v) is 5.11. The lowest BCUT2D eigenvalue weighted by Gasteiger charge is -2.31. The van der Waals surface area contributed by atoms with Crippen molar-refractivity contribution in [1.29, 1.82) is 0 Å². The van der Waals surface area contributed by atoms with Crippen LogP contribution in [0, 0.1) is 0 Å². The zero-order chi connectivity index (χ0) is 18.8. The number of aromatic nitrogens is 1. The number of pyridine rings is 1. The number of carbonyl (C=O) groups excluding carboxylic acids is 1. The topological polar surface area (TPSA) is 56.7 Å². The smallest absolute Gasteiger partial charge is 0.255 e. The number of aliphatic hydroxyl groups excluding tert-OH is 1. The van der Waals surface area contributed by atoms with E-state index in [9.17, 15) is 9.90 Å². The lowest BCUT2D eigenvalue weighted by atomic mass is 10.0. The summed E-state index contributed by atoms with van der Waals surface area (Å²) < 4.78 is 0. The van der Waals surface area contributed by atoms with Gasteiger partial charge in [-0.1, -0.05) is 13.0 Å². The predicted molar refractivity (Wildman–Crippen MR) is 107 cm³/mol. The fourth-order valence-electron chi connectivity index (χ4n) is 3.99. The second-order valence-electron chi connectivity index (χ2n) is 7.57. The van der Waals surface area contributed by atoms with Crippen LogP contribution in [0.25, 0.3) is 0 Å². The highest BCUT2D eigenvalue weighted by molar-refractivity contribution is 7.10. The Balaban J connectivity index is 1.43. The molecule has 1 amide bonds. The molecule has 144 valence electrons. The van der Waals surface area contributed by atoms with Gasteiger partial charge in [0.2, 0.25) is 0 Å². The molecule has 0 bridgehead atoms. The number of hydrogen-bond acceptors (Lipinski definition) is 5. The van der Waals surface area contributed by atoms with Gasteiger partial charge in [-0.05, 0) is 42.9 Å². The van der Waals surface area contributed by atoms with Crippen LogP contribution >= 0.6 is 11.3 Å². The predicted octanol–water partition coefficient (Wildman–Crippen LogP) is 2.86. The third-order valence-corrected chi connectivity index (χ3v) is 6.63. The molecule has 2 aromatic heterocycles. The van der Waals surface area contributed by atoms with Gasteiger partial charge in [-0.25, -0.2) is 0 Å². The largest absolute Gasteiger partial charge is 0.391 e. The van der Waals surface area contributed by atoms with E-state index in [0.29, 0.717) is 6.54 Å². The number of carbonyl (C=O) groups is 1. The number of nitrogens with zero attached hydrogens (tertiary/aromatic N) is 3. The Morgan fingerprint density at radius 2 is 2.26 bits per heavy atom. The second kappa shape index (κ2) is 8.09. The van der Waals surface area contributed by atoms with Gasteiger partial charge in [0.1, 0.15) is 0 Å². The van der Waals surface area contributed by atoms with Crippen molar-refractivity contribution in [3.05, 3.63) is 51.0 Å². The molecule has 1 saturated heterocycles. The van der Waals surface area contributed by atoms with Gasteiger partial charge >= 0.3 is 0 Å². The van der Waals surface area contributed by atoms with Gasteiger partial charge < -0.3 is 10.0 Å². The maximum Gasteiger partial charge on any atom is 0.255 e. The minimum absolute atomic E-state index is 0.0940. The Hall–Kier alpha value is -1.76. The van der Waals surface area contributed by atoms with E-state index in [1.54, 1.807) is 11.3 Å². The normalized spacial score (nSPS) is 20.5. The minimum atomic E-state index is -0.376. The van der Waals surface area contributed by atoms with Crippen molar-refractivity contribution >= 4 is 17.2 Å². The van der Waals surface area contributed by atoms with E-state index in [4.69, 9.17) is 0 Å². The van der Waals surface area contributed by atoms with Crippen molar-refractivity contribution in [3.8, 4) is 0 Å². The number of rotatable bonds is 4. The average Bonchev–Trinajstić information content (AvgIpc) is 3.11.